The Morgan fingerprint density at radius 1 is 1.36 bits per heavy atom. The van der Waals surface area contributed by atoms with Crippen molar-refractivity contribution < 1.29 is 13.9 Å². The molecule has 3 atom stereocenters. The number of carbonyl (C=O) groups is 1. The van der Waals surface area contributed by atoms with Crippen LogP contribution in [0, 0.1) is 18.8 Å². The Morgan fingerprint density at radius 2 is 2.28 bits per heavy atom. The van der Waals surface area contributed by atoms with Crippen LogP contribution in [0.4, 0.5) is 0 Å². The average Bonchev–Trinajstić information content (AvgIpc) is 3.22. The van der Waals surface area contributed by atoms with E-state index in [2.05, 4.69) is 21.2 Å². The molecule has 0 unspecified atom stereocenters. The van der Waals surface area contributed by atoms with Gasteiger partial charge in [0.2, 0.25) is 17.7 Å². The van der Waals surface area contributed by atoms with Crippen molar-refractivity contribution in [1.29, 1.82) is 0 Å². The predicted molar refractivity (Wildman–Crippen MR) is 91.8 cm³/mol. The summed E-state index contributed by atoms with van der Waals surface area (Å²) in [5, 5.41) is 7.98. The van der Waals surface area contributed by atoms with Crippen LogP contribution in [0.1, 0.15) is 50.3 Å². The van der Waals surface area contributed by atoms with Gasteiger partial charge in [-0.25, -0.2) is 0 Å². The van der Waals surface area contributed by atoms with Gasteiger partial charge in [0.05, 0.1) is 19.1 Å². The Hall–Kier alpha value is -1.69. The molecule has 1 aliphatic carbocycles. The molecule has 3 aliphatic rings. The minimum absolute atomic E-state index is 0.142. The lowest BCUT2D eigenvalue weighted by Crippen LogP contribution is -2.44. The van der Waals surface area contributed by atoms with Gasteiger partial charge in [-0.05, 0) is 38.0 Å². The Bertz CT molecular complexity index is 654. The van der Waals surface area contributed by atoms with E-state index in [4.69, 9.17) is 9.15 Å². The fourth-order valence-corrected chi connectivity index (χ4v) is 4.49. The van der Waals surface area contributed by atoms with Gasteiger partial charge in [0.25, 0.3) is 0 Å². The van der Waals surface area contributed by atoms with Crippen molar-refractivity contribution in [2.24, 2.45) is 11.8 Å². The maximum atomic E-state index is 12.6. The van der Waals surface area contributed by atoms with Crippen LogP contribution in [0.5, 0.6) is 0 Å². The lowest BCUT2D eigenvalue weighted by molar-refractivity contribution is -0.132. The number of hydrogen-bond donors (Lipinski definition) is 0. The number of nitrogens with zero attached hydrogens (tertiary/aromatic N) is 3. The minimum Gasteiger partial charge on any atom is -0.425 e. The van der Waals surface area contributed by atoms with Gasteiger partial charge < -0.3 is 14.1 Å². The molecular formula is C19H27N3O3. The number of fused-ring (bicyclic) bond motifs is 1. The van der Waals surface area contributed by atoms with Crippen LogP contribution < -0.4 is 0 Å². The SMILES string of the molecule is Cc1nnc(C[C@@H]2OC[C@H]3CN(C(=O)CC4=CCCCC4)CC[C@H]32)o1. The van der Waals surface area contributed by atoms with Crippen molar-refractivity contribution in [3.8, 4) is 0 Å². The molecule has 1 aromatic heterocycles. The summed E-state index contributed by atoms with van der Waals surface area (Å²) in [5.74, 6) is 2.48. The fraction of sp³-hybridized carbons (Fsp3) is 0.737. The fourth-order valence-electron chi connectivity index (χ4n) is 4.49. The number of aromatic nitrogens is 2. The molecule has 1 aromatic rings. The third-order valence-electron chi connectivity index (χ3n) is 5.85. The number of rotatable bonds is 4. The zero-order valence-corrected chi connectivity index (χ0v) is 14.9. The topological polar surface area (TPSA) is 68.5 Å². The first-order chi connectivity index (χ1) is 12.2. The molecule has 2 fully saturated rings. The molecule has 3 heterocycles. The first-order valence-corrected chi connectivity index (χ1v) is 9.55. The van der Waals surface area contributed by atoms with Crippen LogP contribution >= 0.6 is 0 Å². The normalized spacial score (nSPS) is 29.4. The van der Waals surface area contributed by atoms with E-state index < -0.39 is 0 Å². The molecule has 4 rings (SSSR count). The minimum atomic E-state index is 0.142. The average molecular weight is 345 g/mol. The first kappa shape index (κ1) is 16.8. The van der Waals surface area contributed by atoms with Crippen molar-refractivity contribution in [3.05, 3.63) is 23.4 Å². The van der Waals surface area contributed by atoms with E-state index in [1.807, 2.05) is 0 Å². The molecule has 1 amide bonds. The summed E-state index contributed by atoms with van der Waals surface area (Å²) in [6.45, 7) is 4.21. The van der Waals surface area contributed by atoms with Gasteiger partial charge >= 0.3 is 0 Å². The number of ether oxygens (including phenoxy) is 1. The molecular weight excluding hydrogens is 318 g/mol. The van der Waals surface area contributed by atoms with E-state index in [1.165, 1.54) is 18.4 Å². The van der Waals surface area contributed by atoms with E-state index >= 15 is 0 Å². The molecule has 2 saturated heterocycles. The predicted octanol–water partition coefficient (Wildman–Crippen LogP) is 2.67. The molecule has 0 bridgehead atoms. The third-order valence-corrected chi connectivity index (χ3v) is 5.85. The van der Waals surface area contributed by atoms with Gasteiger partial charge in [0, 0.05) is 32.4 Å². The molecule has 6 heteroatoms. The van der Waals surface area contributed by atoms with Gasteiger partial charge in [0.15, 0.2) is 0 Å². The number of piperidine rings is 1. The summed E-state index contributed by atoms with van der Waals surface area (Å²) in [6, 6.07) is 0. The molecule has 0 saturated carbocycles. The molecule has 136 valence electrons. The van der Waals surface area contributed by atoms with Crippen molar-refractivity contribution in [1.82, 2.24) is 15.1 Å². The Morgan fingerprint density at radius 3 is 3.04 bits per heavy atom. The van der Waals surface area contributed by atoms with Gasteiger partial charge in [-0.2, -0.15) is 0 Å². The highest BCUT2D eigenvalue weighted by atomic mass is 16.5. The molecule has 6 nitrogen and oxygen atoms in total. The zero-order valence-electron chi connectivity index (χ0n) is 14.9. The standard InChI is InChI=1S/C19H27N3O3/c1-13-20-21-18(25-13)10-17-16-7-8-22(11-15(16)12-24-17)19(23)9-14-5-3-2-4-6-14/h5,15-17H,2-4,6-12H2,1H3/t15-,16-,17+/m1/s1. The van der Waals surface area contributed by atoms with E-state index in [1.54, 1.807) is 6.92 Å². The van der Waals surface area contributed by atoms with Crippen LogP contribution in [0.15, 0.2) is 16.1 Å². The molecule has 0 N–H and O–H groups in total. The number of likely N-dealkylation sites (tertiary alicyclic amines) is 1. The van der Waals surface area contributed by atoms with Crippen molar-refractivity contribution in [2.75, 3.05) is 19.7 Å². The number of amides is 1. The number of allylic oxidation sites excluding steroid dienone is 1. The number of carbonyl (C=O) groups excluding carboxylic acids is 1. The Kier molecular flexibility index (Phi) is 4.88. The molecule has 2 aliphatic heterocycles. The summed E-state index contributed by atoms with van der Waals surface area (Å²) in [7, 11) is 0. The van der Waals surface area contributed by atoms with Gasteiger partial charge in [-0.1, -0.05) is 11.6 Å². The second kappa shape index (κ2) is 7.28. The van der Waals surface area contributed by atoms with Gasteiger partial charge in [0.1, 0.15) is 0 Å². The number of hydrogen-bond acceptors (Lipinski definition) is 5. The second-order valence-electron chi connectivity index (χ2n) is 7.63. The van der Waals surface area contributed by atoms with E-state index in [-0.39, 0.29) is 6.10 Å². The van der Waals surface area contributed by atoms with Crippen molar-refractivity contribution in [2.45, 2.75) is 58.0 Å². The van der Waals surface area contributed by atoms with Crippen LogP contribution in [0.25, 0.3) is 0 Å². The lowest BCUT2D eigenvalue weighted by Gasteiger charge is -2.35. The summed E-state index contributed by atoms with van der Waals surface area (Å²) in [6.07, 6.45) is 9.45. The van der Waals surface area contributed by atoms with E-state index in [0.29, 0.717) is 42.4 Å². The molecule has 0 radical (unpaired) electrons. The summed E-state index contributed by atoms with van der Waals surface area (Å²) in [5.41, 5.74) is 1.34. The quantitative estimate of drug-likeness (QED) is 0.785. The van der Waals surface area contributed by atoms with Crippen LogP contribution in [-0.4, -0.2) is 46.8 Å². The van der Waals surface area contributed by atoms with Crippen LogP contribution in [-0.2, 0) is 16.0 Å². The van der Waals surface area contributed by atoms with Crippen molar-refractivity contribution in [3.63, 3.8) is 0 Å². The first-order valence-electron chi connectivity index (χ1n) is 9.55. The summed E-state index contributed by atoms with van der Waals surface area (Å²) < 4.78 is 11.5. The highest BCUT2D eigenvalue weighted by molar-refractivity contribution is 5.78. The van der Waals surface area contributed by atoms with Crippen molar-refractivity contribution >= 4 is 5.91 Å². The third kappa shape index (κ3) is 3.78. The monoisotopic (exact) mass is 345 g/mol. The van der Waals surface area contributed by atoms with Gasteiger partial charge in [-0.15, -0.1) is 10.2 Å². The zero-order chi connectivity index (χ0) is 17.2. The Balaban J connectivity index is 1.32. The summed E-state index contributed by atoms with van der Waals surface area (Å²) in [4.78, 5) is 14.7. The maximum absolute atomic E-state index is 12.6. The molecule has 0 aromatic carbocycles. The van der Waals surface area contributed by atoms with Crippen LogP contribution in [0.3, 0.4) is 0 Å². The number of aryl methyl sites for hydroxylation is 1. The largest absolute Gasteiger partial charge is 0.425 e. The highest BCUT2D eigenvalue weighted by Gasteiger charge is 2.42. The van der Waals surface area contributed by atoms with Crippen LogP contribution in [0.2, 0.25) is 0 Å². The maximum Gasteiger partial charge on any atom is 0.226 e. The lowest BCUT2D eigenvalue weighted by atomic mass is 9.83. The second-order valence-corrected chi connectivity index (χ2v) is 7.63. The van der Waals surface area contributed by atoms with E-state index in [9.17, 15) is 4.79 Å². The van der Waals surface area contributed by atoms with Gasteiger partial charge in [-0.3, -0.25) is 4.79 Å². The molecule has 0 spiro atoms. The smallest absolute Gasteiger partial charge is 0.226 e. The molecule has 25 heavy (non-hydrogen) atoms. The Labute approximate surface area is 148 Å². The summed E-state index contributed by atoms with van der Waals surface area (Å²) >= 11 is 0. The highest BCUT2D eigenvalue weighted by Crippen LogP contribution is 2.36. The van der Waals surface area contributed by atoms with E-state index in [0.717, 1.165) is 39.0 Å².